The highest BCUT2D eigenvalue weighted by Gasteiger charge is 2.19. The molecule has 0 radical (unpaired) electrons. The molecule has 0 N–H and O–H groups in total. The summed E-state index contributed by atoms with van der Waals surface area (Å²) in [5.74, 6) is 2.43. The first-order valence-corrected chi connectivity index (χ1v) is 14.0. The van der Waals surface area contributed by atoms with Gasteiger partial charge in [-0.25, -0.2) is 4.98 Å². The van der Waals surface area contributed by atoms with Crippen molar-refractivity contribution in [1.29, 1.82) is 0 Å². The van der Waals surface area contributed by atoms with E-state index in [1.54, 1.807) is 0 Å². The molecule has 39 heavy (non-hydrogen) atoms. The van der Waals surface area contributed by atoms with Crippen molar-refractivity contribution in [3.8, 4) is 23.1 Å². The van der Waals surface area contributed by atoms with Crippen molar-refractivity contribution < 1.29 is 18.6 Å². The van der Waals surface area contributed by atoms with E-state index in [4.69, 9.17) is 35.2 Å². The van der Waals surface area contributed by atoms with E-state index in [-0.39, 0.29) is 0 Å². The van der Waals surface area contributed by atoms with Crippen LogP contribution < -0.4 is 9.47 Å². The van der Waals surface area contributed by atoms with Crippen LogP contribution in [0.4, 0.5) is 0 Å². The Morgan fingerprint density at radius 3 is 2.41 bits per heavy atom. The topological polar surface area (TPSA) is 82.7 Å². The molecule has 4 aromatic rings. The minimum Gasteiger partial charge on any atom is -0.493 e. The van der Waals surface area contributed by atoms with Crippen LogP contribution in [0.15, 0.2) is 40.8 Å². The molecule has 9 heteroatoms. The van der Waals surface area contributed by atoms with Gasteiger partial charge in [-0.2, -0.15) is 9.97 Å². The normalized spacial score (nSPS) is 14.2. The van der Waals surface area contributed by atoms with E-state index < -0.39 is 0 Å². The lowest BCUT2D eigenvalue weighted by atomic mass is 10.1. The monoisotopic (exact) mass is 550 g/mol. The molecule has 2 aromatic heterocycles. The van der Waals surface area contributed by atoms with Crippen LogP contribution in [0.2, 0.25) is 5.02 Å². The summed E-state index contributed by atoms with van der Waals surface area (Å²) in [6.45, 7) is 12.0. The average molecular weight is 551 g/mol. The highest BCUT2D eigenvalue weighted by atomic mass is 35.5. The number of ether oxygens (including phenoxy) is 3. The molecular formula is C30H35ClN4O4. The van der Waals surface area contributed by atoms with Crippen LogP contribution >= 0.6 is 11.6 Å². The van der Waals surface area contributed by atoms with Crippen LogP contribution in [0.1, 0.15) is 42.3 Å². The smallest absolute Gasteiger partial charge is 0.254 e. The zero-order valence-corrected chi connectivity index (χ0v) is 23.6. The lowest BCUT2D eigenvalue weighted by Crippen LogP contribution is -2.37. The van der Waals surface area contributed by atoms with Gasteiger partial charge in [0.25, 0.3) is 5.71 Å². The van der Waals surface area contributed by atoms with Crippen molar-refractivity contribution in [2.45, 2.75) is 40.0 Å². The van der Waals surface area contributed by atoms with Crippen molar-refractivity contribution in [1.82, 2.24) is 19.9 Å². The van der Waals surface area contributed by atoms with Crippen LogP contribution in [0.25, 0.3) is 22.7 Å². The Kier molecular flexibility index (Phi) is 8.96. The number of rotatable bonds is 11. The Labute approximate surface area is 234 Å². The number of benzene rings is 2. The summed E-state index contributed by atoms with van der Waals surface area (Å²) >= 11 is 6.04. The van der Waals surface area contributed by atoms with Gasteiger partial charge in [0.2, 0.25) is 11.8 Å². The fraction of sp³-hybridized carbons (Fsp3) is 0.433. The van der Waals surface area contributed by atoms with Crippen molar-refractivity contribution >= 4 is 22.8 Å². The van der Waals surface area contributed by atoms with E-state index in [0.717, 1.165) is 73.7 Å². The number of morpholine rings is 1. The fourth-order valence-corrected chi connectivity index (χ4v) is 4.84. The summed E-state index contributed by atoms with van der Waals surface area (Å²) in [5, 5.41) is 0.692. The Morgan fingerprint density at radius 2 is 1.69 bits per heavy atom. The maximum Gasteiger partial charge on any atom is 0.254 e. The predicted molar refractivity (Wildman–Crippen MR) is 152 cm³/mol. The predicted octanol–water partition coefficient (Wildman–Crippen LogP) is 6.04. The number of halogens is 1. The van der Waals surface area contributed by atoms with Crippen LogP contribution in [-0.2, 0) is 11.2 Å². The molecule has 1 aliphatic rings. The van der Waals surface area contributed by atoms with E-state index >= 15 is 0 Å². The van der Waals surface area contributed by atoms with Gasteiger partial charge in [-0.15, -0.1) is 0 Å². The fourth-order valence-electron chi connectivity index (χ4n) is 4.71. The van der Waals surface area contributed by atoms with Gasteiger partial charge in [-0.05, 0) is 67.6 Å². The number of nitrogens with zero attached hydrogens (tertiary/aromatic N) is 4. The first kappa shape index (κ1) is 27.4. The van der Waals surface area contributed by atoms with E-state index in [1.807, 2.05) is 36.4 Å². The molecule has 5 rings (SSSR count). The third-order valence-electron chi connectivity index (χ3n) is 6.67. The number of oxazole rings is 1. The van der Waals surface area contributed by atoms with Crippen LogP contribution in [-0.4, -0.2) is 65.9 Å². The summed E-state index contributed by atoms with van der Waals surface area (Å²) in [6, 6.07) is 11.7. The van der Waals surface area contributed by atoms with Crippen molar-refractivity contribution in [2.24, 2.45) is 0 Å². The summed E-state index contributed by atoms with van der Waals surface area (Å²) in [4.78, 5) is 16.5. The molecule has 1 aliphatic heterocycles. The van der Waals surface area contributed by atoms with E-state index in [9.17, 15) is 0 Å². The Morgan fingerprint density at radius 1 is 0.949 bits per heavy atom. The molecule has 2 aromatic carbocycles. The van der Waals surface area contributed by atoms with Crippen LogP contribution in [0.5, 0.6) is 11.6 Å². The van der Waals surface area contributed by atoms with E-state index in [2.05, 4.69) is 35.6 Å². The van der Waals surface area contributed by atoms with Gasteiger partial charge in [-0.1, -0.05) is 30.7 Å². The molecule has 0 spiro atoms. The third-order valence-corrected chi connectivity index (χ3v) is 6.92. The SMILES string of the molecule is CCCOc1nc(Cc2ccc(Cl)cc2)nc2oc(-c3cc(C)c(OCCCN4CCOCC4)c(C)c3)nc12. The molecule has 0 amide bonds. The molecule has 1 fully saturated rings. The number of hydrogen-bond donors (Lipinski definition) is 0. The third kappa shape index (κ3) is 6.87. The van der Waals surface area contributed by atoms with Crippen molar-refractivity contribution in [2.75, 3.05) is 46.1 Å². The van der Waals surface area contributed by atoms with Gasteiger partial charge in [-0.3, -0.25) is 4.90 Å². The molecule has 3 heterocycles. The standard InChI is InChI=1S/C30H35ClN4O4/c1-4-13-38-29-26-30(33-25(32-29)19-22-6-8-24(31)9-7-22)39-28(34-26)23-17-20(2)27(21(3)18-23)37-14-5-10-35-11-15-36-16-12-35/h6-9,17-18H,4-5,10-16,19H2,1-3H3. The minimum atomic E-state index is 0.411. The lowest BCUT2D eigenvalue weighted by Gasteiger charge is -2.26. The second-order valence-corrected chi connectivity index (χ2v) is 10.3. The van der Waals surface area contributed by atoms with Gasteiger partial charge in [0.1, 0.15) is 11.6 Å². The first-order valence-electron chi connectivity index (χ1n) is 13.6. The Balaban J connectivity index is 1.35. The Hall–Kier alpha value is -3.20. The van der Waals surface area contributed by atoms with Gasteiger partial charge in [0.15, 0.2) is 5.52 Å². The number of aryl methyl sites for hydroxylation is 2. The number of hydrogen-bond acceptors (Lipinski definition) is 8. The summed E-state index contributed by atoms with van der Waals surface area (Å²) < 4.78 is 23.7. The second-order valence-electron chi connectivity index (χ2n) is 9.86. The van der Waals surface area contributed by atoms with Gasteiger partial charge in [0, 0.05) is 36.6 Å². The summed E-state index contributed by atoms with van der Waals surface area (Å²) in [6.07, 6.45) is 2.36. The van der Waals surface area contributed by atoms with Gasteiger partial charge in [0.05, 0.1) is 26.4 Å². The van der Waals surface area contributed by atoms with Crippen molar-refractivity contribution in [3.05, 3.63) is 63.9 Å². The highest BCUT2D eigenvalue weighted by Crippen LogP contribution is 2.33. The maximum atomic E-state index is 6.19. The molecular weight excluding hydrogens is 516 g/mol. The quantitative estimate of drug-likeness (QED) is 0.209. The van der Waals surface area contributed by atoms with Gasteiger partial charge < -0.3 is 18.6 Å². The highest BCUT2D eigenvalue weighted by molar-refractivity contribution is 6.30. The number of aromatic nitrogens is 3. The zero-order chi connectivity index (χ0) is 27.2. The van der Waals surface area contributed by atoms with E-state index in [1.165, 1.54) is 0 Å². The largest absolute Gasteiger partial charge is 0.493 e. The van der Waals surface area contributed by atoms with Crippen LogP contribution in [0, 0.1) is 13.8 Å². The van der Waals surface area contributed by atoms with Gasteiger partial charge >= 0.3 is 0 Å². The van der Waals surface area contributed by atoms with E-state index in [0.29, 0.717) is 53.5 Å². The molecule has 0 aliphatic carbocycles. The molecule has 0 atom stereocenters. The zero-order valence-electron chi connectivity index (χ0n) is 22.8. The summed E-state index contributed by atoms with van der Waals surface area (Å²) in [5.41, 5.74) is 4.92. The molecule has 0 unspecified atom stereocenters. The van der Waals surface area contributed by atoms with Crippen LogP contribution in [0.3, 0.4) is 0 Å². The first-order chi connectivity index (χ1) is 19.0. The minimum absolute atomic E-state index is 0.411. The average Bonchev–Trinajstić information content (AvgIpc) is 3.37. The van der Waals surface area contributed by atoms with Crippen molar-refractivity contribution in [3.63, 3.8) is 0 Å². The molecule has 0 bridgehead atoms. The molecule has 206 valence electrons. The summed E-state index contributed by atoms with van der Waals surface area (Å²) in [7, 11) is 0. The Bertz CT molecular complexity index is 1380. The molecule has 8 nitrogen and oxygen atoms in total. The number of fused-ring (bicyclic) bond motifs is 1. The molecule has 0 saturated carbocycles. The second kappa shape index (κ2) is 12.8. The maximum absolute atomic E-state index is 6.19. The molecule has 1 saturated heterocycles. The lowest BCUT2D eigenvalue weighted by molar-refractivity contribution is 0.0357.